The molecule has 120 valence electrons. The van der Waals surface area contributed by atoms with Crippen molar-refractivity contribution < 1.29 is 8.42 Å². The SMILES string of the molecule is CNCCn1nc(C)c(S(=O)(=O)N2CCSCC2C)c1C. The summed E-state index contributed by atoms with van der Waals surface area (Å²) in [6, 6.07) is 0.0354. The van der Waals surface area contributed by atoms with Gasteiger partial charge in [-0.25, -0.2) is 8.42 Å². The molecule has 1 aliphatic heterocycles. The van der Waals surface area contributed by atoms with E-state index in [1.54, 1.807) is 15.9 Å². The Morgan fingerprint density at radius 3 is 2.76 bits per heavy atom. The average molecular weight is 332 g/mol. The molecule has 0 radical (unpaired) electrons. The molecule has 2 heterocycles. The second-order valence-corrected chi connectivity index (χ2v) is 8.34. The quantitative estimate of drug-likeness (QED) is 0.866. The number of aromatic nitrogens is 2. The lowest BCUT2D eigenvalue weighted by molar-refractivity contribution is 0.367. The van der Waals surface area contributed by atoms with Crippen LogP contribution in [-0.2, 0) is 16.6 Å². The fourth-order valence-corrected chi connectivity index (χ4v) is 5.91. The first-order valence-electron chi connectivity index (χ1n) is 7.17. The molecule has 1 aromatic rings. The van der Waals surface area contributed by atoms with Crippen molar-refractivity contribution in [3.05, 3.63) is 11.4 Å². The van der Waals surface area contributed by atoms with Crippen molar-refractivity contribution in [3.63, 3.8) is 0 Å². The van der Waals surface area contributed by atoms with Crippen molar-refractivity contribution in [1.29, 1.82) is 0 Å². The van der Waals surface area contributed by atoms with E-state index in [0.717, 1.165) is 23.7 Å². The van der Waals surface area contributed by atoms with Gasteiger partial charge in [-0.1, -0.05) is 0 Å². The Balaban J connectivity index is 2.38. The molecule has 1 saturated heterocycles. The van der Waals surface area contributed by atoms with Crippen molar-refractivity contribution >= 4 is 21.8 Å². The summed E-state index contributed by atoms with van der Waals surface area (Å²) in [4.78, 5) is 0.386. The number of hydrogen-bond donors (Lipinski definition) is 1. The molecule has 21 heavy (non-hydrogen) atoms. The van der Waals surface area contributed by atoms with Crippen LogP contribution < -0.4 is 5.32 Å². The second-order valence-electron chi connectivity index (χ2n) is 5.37. The molecule has 0 saturated carbocycles. The predicted molar refractivity (Wildman–Crippen MR) is 86.3 cm³/mol. The standard InChI is InChI=1S/C13H24N4O2S2/c1-10-9-20-8-7-17(10)21(18,19)13-11(2)15-16(12(13)3)6-5-14-4/h10,14H,5-9H2,1-4H3. The number of nitrogens with zero attached hydrogens (tertiary/aromatic N) is 3. The zero-order valence-corrected chi connectivity index (χ0v) is 14.7. The minimum absolute atomic E-state index is 0.0354. The van der Waals surface area contributed by atoms with E-state index < -0.39 is 10.0 Å². The Kier molecular flexibility index (Phi) is 5.34. The molecule has 6 nitrogen and oxygen atoms in total. The third kappa shape index (κ3) is 3.28. The lowest BCUT2D eigenvalue weighted by Gasteiger charge is -2.32. The minimum atomic E-state index is -3.46. The highest BCUT2D eigenvalue weighted by atomic mass is 32.2. The number of thioether (sulfide) groups is 1. The largest absolute Gasteiger partial charge is 0.318 e. The first-order valence-corrected chi connectivity index (χ1v) is 9.77. The van der Waals surface area contributed by atoms with Gasteiger partial charge in [-0.05, 0) is 27.8 Å². The van der Waals surface area contributed by atoms with E-state index >= 15 is 0 Å². The Hall–Kier alpha value is -0.570. The lowest BCUT2D eigenvalue weighted by atomic mass is 10.4. The maximum atomic E-state index is 13.0. The van der Waals surface area contributed by atoms with E-state index in [0.29, 0.717) is 23.7 Å². The van der Waals surface area contributed by atoms with Crippen LogP contribution in [0.3, 0.4) is 0 Å². The Labute approximate surface area is 131 Å². The molecule has 2 rings (SSSR count). The van der Waals surface area contributed by atoms with Crippen molar-refractivity contribution in [2.24, 2.45) is 0 Å². The van der Waals surface area contributed by atoms with Crippen LogP contribution in [0.1, 0.15) is 18.3 Å². The summed E-state index contributed by atoms with van der Waals surface area (Å²) in [6.07, 6.45) is 0. The summed E-state index contributed by atoms with van der Waals surface area (Å²) in [5.41, 5.74) is 1.32. The third-order valence-corrected chi connectivity index (χ3v) is 7.22. The molecule has 1 aromatic heterocycles. The molecule has 0 aromatic carbocycles. The van der Waals surface area contributed by atoms with Gasteiger partial charge in [0.05, 0.1) is 17.9 Å². The summed E-state index contributed by atoms with van der Waals surface area (Å²) in [5.74, 6) is 1.71. The van der Waals surface area contributed by atoms with Crippen LogP contribution in [-0.4, -0.2) is 60.2 Å². The summed E-state index contributed by atoms with van der Waals surface area (Å²) < 4.78 is 29.4. The average Bonchev–Trinajstić information content (AvgIpc) is 2.71. The van der Waals surface area contributed by atoms with E-state index in [1.165, 1.54) is 0 Å². The lowest BCUT2D eigenvalue weighted by Crippen LogP contribution is -2.44. The Morgan fingerprint density at radius 1 is 1.43 bits per heavy atom. The molecule has 1 unspecified atom stereocenters. The van der Waals surface area contributed by atoms with Gasteiger partial charge < -0.3 is 5.32 Å². The molecular formula is C13H24N4O2S2. The van der Waals surface area contributed by atoms with Gasteiger partial charge in [-0.15, -0.1) is 0 Å². The molecule has 0 aliphatic carbocycles. The normalized spacial score (nSPS) is 20.9. The maximum absolute atomic E-state index is 13.0. The van der Waals surface area contributed by atoms with Crippen LogP contribution in [0.25, 0.3) is 0 Å². The van der Waals surface area contributed by atoms with Crippen LogP contribution in [0.2, 0.25) is 0 Å². The number of likely N-dealkylation sites (N-methyl/N-ethyl adjacent to an activating group) is 1. The van der Waals surface area contributed by atoms with Crippen molar-refractivity contribution in [2.75, 3.05) is 31.6 Å². The highest BCUT2D eigenvalue weighted by molar-refractivity contribution is 7.99. The molecular weight excluding hydrogens is 308 g/mol. The molecule has 0 bridgehead atoms. The van der Waals surface area contributed by atoms with Gasteiger partial charge >= 0.3 is 0 Å². The van der Waals surface area contributed by atoms with Crippen LogP contribution in [0.5, 0.6) is 0 Å². The monoisotopic (exact) mass is 332 g/mol. The molecule has 1 N–H and O–H groups in total. The van der Waals surface area contributed by atoms with Gasteiger partial charge in [0.1, 0.15) is 4.90 Å². The van der Waals surface area contributed by atoms with Gasteiger partial charge in [0.2, 0.25) is 10.0 Å². The molecule has 0 amide bonds. The predicted octanol–water partition coefficient (Wildman–Crippen LogP) is 0.845. The first kappa shape index (κ1) is 16.8. The van der Waals surface area contributed by atoms with Gasteiger partial charge in [0.25, 0.3) is 0 Å². The van der Waals surface area contributed by atoms with E-state index in [9.17, 15) is 8.42 Å². The topological polar surface area (TPSA) is 67.2 Å². The fourth-order valence-electron chi connectivity index (χ4n) is 2.68. The molecule has 8 heteroatoms. The summed E-state index contributed by atoms with van der Waals surface area (Å²) in [6.45, 7) is 7.60. The number of aryl methyl sites for hydroxylation is 1. The molecule has 1 fully saturated rings. The Morgan fingerprint density at radius 2 is 2.14 bits per heavy atom. The number of nitrogens with one attached hydrogen (secondary N) is 1. The van der Waals surface area contributed by atoms with Crippen LogP contribution in [0.15, 0.2) is 4.90 Å². The van der Waals surface area contributed by atoms with E-state index in [4.69, 9.17) is 0 Å². The molecule has 1 aliphatic rings. The van der Waals surface area contributed by atoms with Crippen LogP contribution in [0.4, 0.5) is 0 Å². The van der Waals surface area contributed by atoms with Gasteiger partial charge in [-0.2, -0.15) is 21.2 Å². The van der Waals surface area contributed by atoms with Gasteiger partial charge in [0, 0.05) is 30.6 Å². The number of sulfonamides is 1. The first-order chi connectivity index (χ1) is 9.89. The maximum Gasteiger partial charge on any atom is 0.247 e. The van der Waals surface area contributed by atoms with E-state index in [1.807, 2.05) is 32.7 Å². The summed E-state index contributed by atoms with van der Waals surface area (Å²) in [7, 11) is -1.59. The van der Waals surface area contributed by atoms with E-state index in [-0.39, 0.29) is 6.04 Å². The Bertz CT molecular complexity index is 598. The second kappa shape index (κ2) is 6.68. The highest BCUT2D eigenvalue weighted by Gasteiger charge is 2.35. The molecule has 1 atom stereocenters. The van der Waals surface area contributed by atoms with Crippen molar-refractivity contribution in [2.45, 2.75) is 38.3 Å². The zero-order chi connectivity index (χ0) is 15.6. The summed E-state index contributed by atoms with van der Waals surface area (Å²) in [5, 5.41) is 7.46. The highest BCUT2D eigenvalue weighted by Crippen LogP contribution is 2.28. The smallest absolute Gasteiger partial charge is 0.247 e. The number of hydrogen-bond acceptors (Lipinski definition) is 5. The third-order valence-electron chi connectivity index (χ3n) is 3.76. The zero-order valence-electron chi connectivity index (χ0n) is 13.1. The van der Waals surface area contributed by atoms with E-state index in [2.05, 4.69) is 10.4 Å². The molecule has 0 spiro atoms. The van der Waals surface area contributed by atoms with Crippen molar-refractivity contribution in [3.8, 4) is 0 Å². The minimum Gasteiger partial charge on any atom is -0.318 e. The van der Waals surface area contributed by atoms with Crippen molar-refractivity contribution in [1.82, 2.24) is 19.4 Å². The fraction of sp³-hybridized carbons (Fsp3) is 0.769. The van der Waals surface area contributed by atoms with Gasteiger partial charge in [-0.3, -0.25) is 4.68 Å². The van der Waals surface area contributed by atoms with Crippen LogP contribution in [0, 0.1) is 13.8 Å². The van der Waals surface area contributed by atoms with Gasteiger partial charge in [0.15, 0.2) is 0 Å². The number of rotatable bonds is 5. The van der Waals surface area contributed by atoms with Crippen LogP contribution >= 0.6 is 11.8 Å². The summed E-state index contributed by atoms with van der Waals surface area (Å²) >= 11 is 1.81.